The van der Waals surface area contributed by atoms with Gasteiger partial charge in [-0.25, -0.2) is 4.98 Å². The summed E-state index contributed by atoms with van der Waals surface area (Å²) in [7, 11) is 1.56. The lowest BCUT2D eigenvalue weighted by atomic mass is 10.3. The van der Waals surface area contributed by atoms with Gasteiger partial charge in [0.2, 0.25) is 0 Å². The predicted molar refractivity (Wildman–Crippen MR) is 87.5 cm³/mol. The molecule has 0 atom stereocenters. The van der Waals surface area contributed by atoms with E-state index in [9.17, 15) is 13.2 Å². The topological polar surface area (TPSA) is 73.6 Å². The van der Waals surface area contributed by atoms with E-state index in [1.807, 2.05) is 0 Å². The molecule has 0 saturated heterocycles. The van der Waals surface area contributed by atoms with Crippen LogP contribution in [0.2, 0.25) is 0 Å². The predicted octanol–water partition coefficient (Wildman–Crippen LogP) is 2.95. The molecule has 2 heterocycles. The lowest BCUT2D eigenvalue weighted by molar-refractivity contribution is -0.144. The SMILES string of the molecule is COc1cccc(OCCNc2cc(C)nc3nc(C(F)(F)F)nn23)c1. The minimum absolute atomic E-state index is 0.117. The van der Waals surface area contributed by atoms with Crippen molar-refractivity contribution in [2.75, 3.05) is 25.6 Å². The first-order valence-corrected chi connectivity index (χ1v) is 7.69. The number of alkyl halides is 3. The zero-order chi connectivity index (χ0) is 18.7. The molecule has 0 unspecified atom stereocenters. The number of rotatable bonds is 6. The number of fused-ring (bicyclic) bond motifs is 1. The Bertz CT molecular complexity index is 911. The van der Waals surface area contributed by atoms with E-state index in [-0.39, 0.29) is 12.4 Å². The van der Waals surface area contributed by atoms with E-state index in [2.05, 4.69) is 20.4 Å². The molecule has 3 aromatic rings. The first-order chi connectivity index (χ1) is 12.4. The summed E-state index contributed by atoms with van der Waals surface area (Å²) in [6.45, 7) is 2.30. The molecule has 3 rings (SSSR count). The van der Waals surface area contributed by atoms with Crippen LogP contribution < -0.4 is 14.8 Å². The highest BCUT2D eigenvalue weighted by atomic mass is 19.4. The number of benzene rings is 1. The molecule has 1 aromatic carbocycles. The van der Waals surface area contributed by atoms with Crippen LogP contribution in [0, 0.1) is 6.92 Å². The number of halogens is 3. The molecule has 0 aliphatic heterocycles. The van der Waals surface area contributed by atoms with Crippen molar-refractivity contribution < 1.29 is 22.6 Å². The number of aromatic nitrogens is 4. The highest BCUT2D eigenvalue weighted by Crippen LogP contribution is 2.27. The van der Waals surface area contributed by atoms with Gasteiger partial charge in [0, 0.05) is 17.8 Å². The zero-order valence-electron chi connectivity index (χ0n) is 14.0. The normalized spacial score (nSPS) is 11.6. The summed E-state index contributed by atoms with van der Waals surface area (Å²) in [5, 5.41) is 6.47. The molecule has 0 radical (unpaired) electrons. The fourth-order valence-corrected chi connectivity index (χ4v) is 2.27. The number of hydrogen-bond acceptors (Lipinski definition) is 6. The third-order valence-corrected chi connectivity index (χ3v) is 3.41. The van der Waals surface area contributed by atoms with Crippen LogP contribution in [-0.2, 0) is 6.18 Å². The van der Waals surface area contributed by atoms with Gasteiger partial charge in [-0.15, -0.1) is 5.10 Å². The molecule has 26 heavy (non-hydrogen) atoms. The maximum absolute atomic E-state index is 12.8. The molecule has 0 bridgehead atoms. The number of ether oxygens (including phenoxy) is 2. The molecule has 0 aliphatic carbocycles. The van der Waals surface area contributed by atoms with Crippen molar-refractivity contribution in [2.24, 2.45) is 0 Å². The highest BCUT2D eigenvalue weighted by molar-refractivity contribution is 5.45. The van der Waals surface area contributed by atoms with Crippen molar-refractivity contribution >= 4 is 11.6 Å². The van der Waals surface area contributed by atoms with Crippen LogP contribution >= 0.6 is 0 Å². The minimum Gasteiger partial charge on any atom is -0.497 e. The summed E-state index contributed by atoms with van der Waals surface area (Å²) in [6.07, 6.45) is -4.63. The molecule has 0 aliphatic rings. The van der Waals surface area contributed by atoms with Crippen molar-refractivity contribution in [1.29, 1.82) is 0 Å². The number of nitrogens with one attached hydrogen (secondary N) is 1. The monoisotopic (exact) mass is 367 g/mol. The van der Waals surface area contributed by atoms with Gasteiger partial charge in [0.1, 0.15) is 23.9 Å². The fraction of sp³-hybridized carbons (Fsp3) is 0.312. The standard InChI is InChI=1S/C16H16F3N5O2/c1-10-8-13(24-15(21-10)22-14(23-24)16(17,18)19)20-6-7-26-12-5-3-4-11(9-12)25-2/h3-5,8-9,20H,6-7H2,1-2H3. The van der Waals surface area contributed by atoms with Crippen LogP contribution in [0.4, 0.5) is 19.0 Å². The van der Waals surface area contributed by atoms with E-state index in [4.69, 9.17) is 9.47 Å². The Labute approximate surface area is 146 Å². The summed E-state index contributed by atoms with van der Waals surface area (Å²) in [6, 6.07) is 8.70. The van der Waals surface area contributed by atoms with E-state index >= 15 is 0 Å². The molecule has 2 aromatic heterocycles. The van der Waals surface area contributed by atoms with Crippen LogP contribution in [0.25, 0.3) is 5.78 Å². The van der Waals surface area contributed by atoms with Crippen LogP contribution in [-0.4, -0.2) is 39.8 Å². The quantitative estimate of drug-likeness (QED) is 0.676. The molecule has 10 heteroatoms. The van der Waals surface area contributed by atoms with Crippen LogP contribution in [0.1, 0.15) is 11.5 Å². The van der Waals surface area contributed by atoms with Crippen molar-refractivity contribution in [3.05, 3.63) is 41.9 Å². The van der Waals surface area contributed by atoms with Crippen molar-refractivity contribution in [2.45, 2.75) is 13.1 Å². The maximum Gasteiger partial charge on any atom is 0.453 e. The molecule has 0 saturated carbocycles. The van der Waals surface area contributed by atoms with Crippen LogP contribution in [0.3, 0.4) is 0 Å². The Balaban J connectivity index is 1.69. The van der Waals surface area contributed by atoms with Gasteiger partial charge in [-0.3, -0.25) is 0 Å². The second kappa shape index (κ2) is 7.06. The number of hydrogen-bond donors (Lipinski definition) is 1. The molecule has 1 N–H and O–H groups in total. The van der Waals surface area contributed by atoms with Gasteiger partial charge in [0.25, 0.3) is 11.6 Å². The van der Waals surface area contributed by atoms with Crippen LogP contribution in [0.15, 0.2) is 30.3 Å². The number of nitrogens with zero attached hydrogens (tertiary/aromatic N) is 4. The summed E-state index contributed by atoms with van der Waals surface area (Å²) >= 11 is 0. The molecule has 7 nitrogen and oxygen atoms in total. The lowest BCUT2D eigenvalue weighted by Gasteiger charge is -2.10. The van der Waals surface area contributed by atoms with Crippen molar-refractivity contribution in [3.63, 3.8) is 0 Å². The lowest BCUT2D eigenvalue weighted by Crippen LogP contribution is -2.15. The third kappa shape index (κ3) is 3.95. The summed E-state index contributed by atoms with van der Waals surface area (Å²) < 4.78 is 50.1. The second-order valence-corrected chi connectivity index (χ2v) is 5.38. The van der Waals surface area contributed by atoms with E-state index < -0.39 is 12.0 Å². The van der Waals surface area contributed by atoms with Crippen molar-refractivity contribution in [1.82, 2.24) is 19.6 Å². The van der Waals surface area contributed by atoms with Crippen LogP contribution in [0.5, 0.6) is 11.5 Å². The number of anilines is 1. The van der Waals surface area contributed by atoms with Gasteiger partial charge in [-0.2, -0.15) is 22.7 Å². The Morgan fingerprint density at radius 3 is 2.65 bits per heavy atom. The zero-order valence-corrected chi connectivity index (χ0v) is 14.0. The summed E-state index contributed by atoms with van der Waals surface area (Å²) in [5.41, 5.74) is 0.523. The average molecular weight is 367 g/mol. The first-order valence-electron chi connectivity index (χ1n) is 7.69. The van der Waals surface area contributed by atoms with Gasteiger partial charge in [0.15, 0.2) is 0 Å². The Morgan fingerprint density at radius 2 is 1.92 bits per heavy atom. The number of methoxy groups -OCH3 is 1. The Morgan fingerprint density at radius 1 is 1.15 bits per heavy atom. The second-order valence-electron chi connectivity index (χ2n) is 5.38. The largest absolute Gasteiger partial charge is 0.497 e. The van der Waals surface area contributed by atoms with E-state index in [0.29, 0.717) is 29.6 Å². The first kappa shape index (κ1) is 17.8. The third-order valence-electron chi connectivity index (χ3n) is 3.41. The van der Waals surface area contributed by atoms with E-state index in [1.165, 1.54) is 0 Å². The summed E-state index contributed by atoms with van der Waals surface area (Å²) in [4.78, 5) is 7.40. The van der Waals surface area contributed by atoms with Gasteiger partial charge >= 0.3 is 6.18 Å². The van der Waals surface area contributed by atoms with Gasteiger partial charge < -0.3 is 14.8 Å². The molecule has 0 fully saturated rings. The molecule has 0 amide bonds. The number of aryl methyl sites for hydroxylation is 1. The molecule has 138 valence electrons. The molecule has 0 spiro atoms. The van der Waals surface area contributed by atoms with Gasteiger partial charge in [0.05, 0.1) is 13.7 Å². The van der Waals surface area contributed by atoms with E-state index in [1.54, 1.807) is 44.4 Å². The fourth-order valence-electron chi connectivity index (χ4n) is 2.27. The van der Waals surface area contributed by atoms with Gasteiger partial charge in [-0.05, 0) is 19.1 Å². The molecular weight excluding hydrogens is 351 g/mol. The average Bonchev–Trinajstić information content (AvgIpc) is 3.03. The maximum atomic E-state index is 12.8. The summed E-state index contributed by atoms with van der Waals surface area (Å²) in [5.74, 6) is 0.302. The minimum atomic E-state index is -4.63. The molecular formula is C16H16F3N5O2. The van der Waals surface area contributed by atoms with E-state index in [0.717, 1.165) is 4.52 Å². The highest BCUT2D eigenvalue weighted by Gasteiger charge is 2.36. The van der Waals surface area contributed by atoms with Crippen molar-refractivity contribution in [3.8, 4) is 11.5 Å². The Hall–Kier alpha value is -3.04. The smallest absolute Gasteiger partial charge is 0.453 e. The van der Waals surface area contributed by atoms with Gasteiger partial charge in [-0.1, -0.05) is 6.07 Å². The Kier molecular flexibility index (Phi) is 4.83.